The maximum Gasteiger partial charge on any atom is 0.422 e. The molecule has 0 spiro atoms. The van der Waals surface area contributed by atoms with Crippen LogP contribution in [0.15, 0.2) is 42.6 Å². The fourth-order valence-corrected chi connectivity index (χ4v) is 2.51. The number of rotatable bonds is 8. The van der Waals surface area contributed by atoms with E-state index in [9.17, 15) is 18.0 Å². The quantitative estimate of drug-likeness (QED) is 0.695. The molecule has 1 heterocycles. The number of carbonyl (C=O) groups excluding carboxylic acids is 1. The van der Waals surface area contributed by atoms with Gasteiger partial charge in [-0.05, 0) is 37.9 Å². The second-order valence-electron chi connectivity index (χ2n) is 6.38. The zero-order valence-corrected chi connectivity index (χ0v) is 16.3. The zero-order valence-electron chi connectivity index (χ0n) is 16.3. The van der Waals surface area contributed by atoms with Gasteiger partial charge in [-0.15, -0.1) is 0 Å². The first-order valence-electron chi connectivity index (χ1n) is 8.69. The standard InChI is InChI=1S/C19H23F3N4O3/c1-26(2)16(13-5-4-6-15(9-13)28-3)11-24-18(27)25-14-7-8-17(23-10-14)29-12-19(20,21)22/h4-10,16H,11-12H2,1-3H3,(H2,24,25,27). The number of pyridine rings is 1. The van der Waals surface area contributed by atoms with Crippen molar-refractivity contribution in [1.82, 2.24) is 15.2 Å². The molecule has 1 aromatic heterocycles. The molecule has 0 saturated heterocycles. The first-order chi connectivity index (χ1) is 13.7. The second kappa shape index (κ2) is 9.97. The third-order valence-corrected chi connectivity index (χ3v) is 3.94. The van der Waals surface area contributed by atoms with Gasteiger partial charge in [0, 0.05) is 12.6 Å². The summed E-state index contributed by atoms with van der Waals surface area (Å²) in [5, 5.41) is 5.34. The second-order valence-corrected chi connectivity index (χ2v) is 6.38. The number of nitrogens with one attached hydrogen (secondary N) is 2. The van der Waals surface area contributed by atoms with E-state index >= 15 is 0 Å². The lowest BCUT2D eigenvalue weighted by atomic mass is 10.1. The molecule has 1 aromatic carbocycles. The molecule has 29 heavy (non-hydrogen) atoms. The van der Waals surface area contributed by atoms with Gasteiger partial charge in [0.2, 0.25) is 5.88 Å². The van der Waals surface area contributed by atoms with E-state index in [4.69, 9.17) is 4.74 Å². The van der Waals surface area contributed by atoms with Crippen LogP contribution in [0.5, 0.6) is 11.6 Å². The fourth-order valence-electron chi connectivity index (χ4n) is 2.51. The molecule has 158 valence electrons. The Kier molecular flexibility index (Phi) is 7.66. The van der Waals surface area contributed by atoms with Crippen molar-refractivity contribution in [2.24, 2.45) is 0 Å². The lowest BCUT2D eigenvalue weighted by Gasteiger charge is -2.25. The van der Waals surface area contributed by atoms with Crippen molar-refractivity contribution in [1.29, 1.82) is 0 Å². The number of aromatic nitrogens is 1. The van der Waals surface area contributed by atoms with Gasteiger partial charge in [-0.1, -0.05) is 12.1 Å². The Labute approximate surface area is 166 Å². The number of carbonyl (C=O) groups is 1. The first-order valence-corrected chi connectivity index (χ1v) is 8.69. The molecule has 0 fully saturated rings. The van der Waals surface area contributed by atoms with Crippen molar-refractivity contribution in [2.45, 2.75) is 12.2 Å². The molecule has 7 nitrogen and oxygen atoms in total. The Bertz CT molecular complexity index is 798. The van der Waals surface area contributed by atoms with E-state index in [1.165, 1.54) is 18.3 Å². The number of anilines is 1. The summed E-state index contributed by atoms with van der Waals surface area (Å²) in [6, 6.07) is 9.65. The lowest BCUT2D eigenvalue weighted by molar-refractivity contribution is -0.154. The number of halogens is 3. The smallest absolute Gasteiger partial charge is 0.422 e. The van der Waals surface area contributed by atoms with Gasteiger partial charge in [-0.25, -0.2) is 9.78 Å². The first kappa shape index (κ1) is 22.3. The van der Waals surface area contributed by atoms with Gasteiger partial charge in [0.1, 0.15) is 5.75 Å². The predicted octanol–water partition coefficient (Wildman–Crippen LogP) is 3.46. The van der Waals surface area contributed by atoms with E-state index in [0.717, 1.165) is 11.3 Å². The van der Waals surface area contributed by atoms with Gasteiger partial charge in [-0.3, -0.25) is 0 Å². The normalized spacial score (nSPS) is 12.4. The highest BCUT2D eigenvalue weighted by molar-refractivity contribution is 5.89. The number of alkyl halides is 3. The van der Waals surface area contributed by atoms with Crippen LogP contribution in [0.4, 0.5) is 23.7 Å². The number of methoxy groups -OCH3 is 1. The average Bonchev–Trinajstić information content (AvgIpc) is 2.67. The van der Waals surface area contributed by atoms with E-state index < -0.39 is 18.8 Å². The van der Waals surface area contributed by atoms with Crippen LogP contribution in [0.25, 0.3) is 0 Å². The van der Waals surface area contributed by atoms with Crippen molar-refractivity contribution in [2.75, 3.05) is 39.7 Å². The number of amides is 2. The highest BCUT2D eigenvalue weighted by Gasteiger charge is 2.28. The van der Waals surface area contributed by atoms with Crippen LogP contribution in [-0.4, -0.2) is 56.4 Å². The summed E-state index contributed by atoms with van der Waals surface area (Å²) in [4.78, 5) is 17.9. The van der Waals surface area contributed by atoms with Crippen molar-refractivity contribution >= 4 is 11.7 Å². The van der Waals surface area contributed by atoms with E-state index in [2.05, 4.69) is 20.4 Å². The largest absolute Gasteiger partial charge is 0.497 e. The predicted molar refractivity (Wildman–Crippen MR) is 102 cm³/mol. The molecule has 0 aliphatic rings. The van der Waals surface area contributed by atoms with Crippen LogP contribution in [0, 0.1) is 0 Å². The molecular formula is C19H23F3N4O3. The van der Waals surface area contributed by atoms with Crippen LogP contribution >= 0.6 is 0 Å². The van der Waals surface area contributed by atoms with Crippen LogP contribution in [-0.2, 0) is 0 Å². The maximum absolute atomic E-state index is 12.2. The minimum atomic E-state index is -4.44. The van der Waals surface area contributed by atoms with E-state index in [1.807, 2.05) is 43.3 Å². The van der Waals surface area contributed by atoms with Crippen molar-refractivity contribution in [3.05, 3.63) is 48.2 Å². The SMILES string of the molecule is COc1cccc(C(CNC(=O)Nc2ccc(OCC(F)(F)F)nc2)N(C)C)c1. The molecule has 10 heteroatoms. The number of hydrogen-bond donors (Lipinski definition) is 2. The van der Waals surface area contributed by atoms with Crippen molar-refractivity contribution < 1.29 is 27.4 Å². The van der Waals surface area contributed by atoms with Crippen LogP contribution < -0.4 is 20.1 Å². The molecule has 1 atom stereocenters. The molecule has 1 unspecified atom stereocenters. The van der Waals surface area contributed by atoms with Gasteiger partial charge < -0.3 is 25.0 Å². The molecule has 0 saturated carbocycles. The number of nitrogens with zero attached hydrogens (tertiary/aromatic N) is 2. The van der Waals surface area contributed by atoms with Crippen molar-refractivity contribution in [3.63, 3.8) is 0 Å². The van der Waals surface area contributed by atoms with E-state index in [0.29, 0.717) is 12.2 Å². The summed E-state index contributed by atoms with van der Waals surface area (Å²) >= 11 is 0. The average molecular weight is 412 g/mol. The third-order valence-electron chi connectivity index (χ3n) is 3.94. The molecule has 0 radical (unpaired) electrons. The maximum atomic E-state index is 12.2. The number of benzene rings is 1. The highest BCUT2D eigenvalue weighted by atomic mass is 19.4. The van der Waals surface area contributed by atoms with Gasteiger partial charge in [0.05, 0.1) is 25.0 Å². The molecule has 2 amide bonds. The Morgan fingerprint density at radius 1 is 1.24 bits per heavy atom. The van der Waals surface area contributed by atoms with Crippen LogP contribution in [0.1, 0.15) is 11.6 Å². The number of urea groups is 1. The minimum Gasteiger partial charge on any atom is -0.497 e. The number of ether oxygens (including phenoxy) is 2. The summed E-state index contributed by atoms with van der Waals surface area (Å²) in [5.74, 6) is 0.539. The van der Waals surface area contributed by atoms with Gasteiger partial charge >= 0.3 is 12.2 Å². The molecule has 0 bridgehead atoms. The zero-order chi connectivity index (χ0) is 21.4. The van der Waals surface area contributed by atoms with Crippen molar-refractivity contribution in [3.8, 4) is 11.6 Å². The highest BCUT2D eigenvalue weighted by Crippen LogP contribution is 2.22. The molecule has 2 N–H and O–H groups in total. The van der Waals surface area contributed by atoms with Gasteiger partial charge in [0.25, 0.3) is 0 Å². The number of hydrogen-bond acceptors (Lipinski definition) is 5. The molecule has 0 aliphatic heterocycles. The fraction of sp³-hybridized carbons (Fsp3) is 0.368. The monoisotopic (exact) mass is 412 g/mol. The van der Waals surface area contributed by atoms with Crippen LogP contribution in [0.3, 0.4) is 0 Å². The van der Waals surface area contributed by atoms with E-state index in [-0.39, 0.29) is 11.9 Å². The Balaban J connectivity index is 1.90. The Morgan fingerprint density at radius 2 is 2.00 bits per heavy atom. The number of likely N-dealkylation sites (N-methyl/N-ethyl adjacent to an activating group) is 1. The molecule has 0 aliphatic carbocycles. The minimum absolute atomic E-state index is 0.0906. The lowest BCUT2D eigenvalue weighted by Crippen LogP contribution is -2.36. The van der Waals surface area contributed by atoms with Gasteiger partial charge in [-0.2, -0.15) is 13.2 Å². The molecule has 2 rings (SSSR count). The Hall–Kier alpha value is -3.01. The topological polar surface area (TPSA) is 75.7 Å². The van der Waals surface area contributed by atoms with Crippen LogP contribution in [0.2, 0.25) is 0 Å². The summed E-state index contributed by atoms with van der Waals surface area (Å²) in [6.45, 7) is -1.10. The van der Waals surface area contributed by atoms with Gasteiger partial charge in [0.15, 0.2) is 6.61 Å². The molecule has 2 aromatic rings. The Morgan fingerprint density at radius 3 is 2.59 bits per heavy atom. The van der Waals surface area contributed by atoms with E-state index in [1.54, 1.807) is 7.11 Å². The summed E-state index contributed by atoms with van der Waals surface area (Å²) in [7, 11) is 5.38. The summed E-state index contributed by atoms with van der Waals surface area (Å²) in [6.07, 6.45) is -3.22. The summed E-state index contributed by atoms with van der Waals surface area (Å²) < 4.78 is 46.2. The third kappa shape index (κ3) is 7.49. The molecular weight excluding hydrogens is 389 g/mol. The summed E-state index contributed by atoms with van der Waals surface area (Å²) in [5.41, 5.74) is 1.30.